The summed E-state index contributed by atoms with van der Waals surface area (Å²) in [5.74, 6) is -0.0819. The van der Waals surface area contributed by atoms with E-state index in [0.717, 1.165) is 70.6 Å². The predicted molar refractivity (Wildman–Crippen MR) is 253 cm³/mol. The van der Waals surface area contributed by atoms with Gasteiger partial charge in [-0.3, -0.25) is 14.1 Å². The first-order valence-electron chi connectivity index (χ1n) is 23.9. The Morgan fingerprint density at radius 1 is 0.583 bits per heavy atom. The zero-order chi connectivity index (χ0) is 43.6. The van der Waals surface area contributed by atoms with Crippen LogP contribution in [-0.2, 0) is 28.2 Å². The molecular weight excluding hydrogens is 816 g/mol. The van der Waals surface area contributed by atoms with Gasteiger partial charge in [0, 0.05) is 37.7 Å². The molecule has 1 rings (SSSR count). The van der Waals surface area contributed by atoms with E-state index in [1.54, 1.807) is 24.3 Å². The molecule has 0 radical (unpaired) electrons. The van der Waals surface area contributed by atoms with E-state index < -0.39 is 19.8 Å². The second kappa shape index (κ2) is 41.2. The second-order valence-corrected chi connectivity index (χ2v) is 18.7. The maximum atomic E-state index is 14.3. The third-order valence-corrected chi connectivity index (χ3v) is 12.8. The Labute approximate surface area is 376 Å². The number of hydrogen-bond donors (Lipinski definition) is 0. The molecule has 0 bridgehead atoms. The van der Waals surface area contributed by atoms with Crippen LogP contribution in [-0.4, -0.2) is 60.8 Å². The maximum absolute atomic E-state index is 14.3. The van der Waals surface area contributed by atoms with E-state index in [1.807, 2.05) is 6.07 Å². The Kier molecular flexibility index (Phi) is 38.6. The van der Waals surface area contributed by atoms with Gasteiger partial charge < -0.3 is 14.0 Å². The summed E-state index contributed by atoms with van der Waals surface area (Å²) >= 11 is 12.1. The van der Waals surface area contributed by atoms with Gasteiger partial charge in [0.05, 0.1) is 6.61 Å². The van der Waals surface area contributed by atoms with Crippen molar-refractivity contribution in [1.29, 1.82) is 0 Å². The zero-order valence-corrected chi connectivity index (χ0v) is 40.2. The van der Waals surface area contributed by atoms with Crippen molar-refractivity contribution in [3.8, 4) is 5.75 Å². The van der Waals surface area contributed by atoms with E-state index >= 15 is 0 Å². The van der Waals surface area contributed by atoms with Crippen molar-refractivity contribution >= 4 is 42.9 Å². The van der Waals surface area contributed by atoms with Crippen molar-refractivity contribution in [2.75, 3.05) is 38.1 Å². The van der Waals surface area contributed by atoms with Gasteiger partial charge in [0.1, 0.15) is 12.4 Å². The lowest BCUT2D eigenvalue weighted by Gasteiger charge is -2.30. The SMILES string of the molecule is CCCCCCCCC=CCCCCCCCC(=O)OCC(COP(=O)(Oc1ccccc1)N(CCCl)CCCl)OC(=O)CCCCCCCC=CCCCCCCCC. The summed E-state index contributed by atoms with van der Waals surface area (Å²) in [5, 5.41) is 0. The van der Waals surface area contributed by atoms with Crippen LogP contribution >= 0.6 is 30.9 Å². The number of halogens is 2. The molecule has 0 aliphatic heterocycles. The molecule has 0 spiro atoms. The van der Waals surface area contributed by atoms with Crippen LogP contribution < -0.4 is 4.52 Å². The Morgan fingerprint density at radius 2 is 1.00 bits per heavy atom. The fraction of sp³-hybridized carbons (Fsp3) is 0.755. The van der Waals surface area contributed by atoms with Gasteiger partial charge in [-0.05, 0) is 76.3 Å². The van der Waals surface area contributed by atoms with Crippen molar-refractivity contribution in [2.24, 2.45) is 0 Å². The molecule has 0 amide bonds. The van der Waals surface area contributed by atoms with Gasteiger partial charge in [-0.15, -0.1) is 23.2 Å². The molecule has 0 heterocycles. The Morgan fingerprint density at radius 3 is 1.45 bits per heavy atom. The summed E-state index contributed by atoms with van der Waals surface area (Å²) < 4.78 is 39.1. The van der Waals surface area contributed by atoms with Gasteiger partial charge in [-0.1, -0.05) is 159 Å². The van der Waals surface area contributed by atoms with Gasteiger partial charge in [0.2, 0.25) is 0 Å². The van der Waals surface area contributed by atoms with Gasteiger partial charge in [0.25, 0.3) is 0 Å². The van der Waals surface area contributed by atoms with Crippen molar-refractivity contribution in [3.63, 3.8) is 0 Å². The lowest BCUT2D eigenvalue weighted by Crippen LogP contribution is -2.33. The van der Waals surface area contributed by atoms with E-state index in [9.17, 15) is 14.2 Å². The number of ether oxygens (including phenoxy) is 2. The smallest absolute Gasteiger partial charge is 0.461 e. The lowest BCUT2D eigenvalue weighted by atomic mass is 10.1. The standard InChI is InChI=1S/C49H84Cl2NO7P/c1-3-5-7-9-11-13-15-17-19-21-23-25-27-29-34-38-48(53)56-44-47(45-57-60(55,52(42-40-50)43-41-51)59-46-36-32-31-33-37-46)58-49(54)39-35-30-28-26-24-22-20-18-16-14-12-10-8-6-4-2/h17-20,31-33,36-37,47H,3-16,21-30,34-35,38-45H2,1-2H3. The predicted octanol–water partition coefficient (Wildman–Crippen LogP) is 15.5. The number of hydrogen-bond acceptors (Lipinski definition) is 7. The van der Waals surface area contributed by atoms with Crippen LogP contribution in [0.4, 0.5) is 0 Å². The molecule has 1 aromatic rings. The average Bonchev–Trinajstić information content (AvgIpc) is 3.24. The number of unbranched alkanes of at least 4 members (excludes halogenated alkanes) is 22. The number of nitrogens with zero attached hydrogens (tertiary/aromatic N) is 1. The summed E-state index contributed by atoms with van der Waals surface area (Å²) in [6.07, 6.45) is 39.3. The number of benzene rings is 1. The first kappa shape index (κ1) is 56.2. The Bertz CT molecular complexity index is 1250. The fourth-order valence-electron chi connectivity index (χ4n) is 6.81. The van der Waals surface area contributed by atoms with E-state index in [0.29, 0.717) is 12.2 Å². The topological polar surface area (TPSA) is 91.4 Å². The first-order valence-corrected chi connectivity index (χ1v) is 26.5. The fourth-order valence-corrected chi connectivity index (χ4v) is 9.22. The normalized spacial score (nSPS) is 13.3. The molecule has 346 valence electrons. The highest BCUT2D eigenvalue weighted by atomic mass is 35.5. The molecule has 0 aliphatic carbocycles. The van der Waals surface area contributed by atoms with E-state index in [1.165, 1.54) is 94.6 Å². The third-order valence-electron chi connectivity index (χ3n) is 10.4. The van der Waals surface area contributed by atoms with Crippen molar-refractivity contribution < 1.29 is 32.7 Å². The molecule has 0 N–H and O–H groups in total. The monoisotopic (exact) mass is 900 g/mol. The number of carbonyl (C=O) groups excluding carboxylic acids is 2. The number of alkyl halides is 2. The summed E-state index contributed by atoms with van der Waals surface area (Å²) in [5.41, 5.74) is 0. The minimum atomic E-state index is -4.01. The van der Waals surface area contributed by atoms with Crippen LogP contribution in [0.3, 0.4) is 0 Å². The molecule has 2 unspecified atom stereocenters. The van der Waals surface area contributed by atoms with Gasteiger partial charge in [-0.25, -0.2) is 4.57 Å². The van der Waals surface area contributed by atoms with Gasteiger partial charge in [0.15, 0.2) is 6.10 Å². The molecule has 0 aliphatic rings. The zero-order valence-electron chi connectivity index (χ0n) is 37.8. The molecule has 2 atom stereocenters. The lowest BCUT2D eigenvalue weighted by molar-refractivity contribution is -0.161. The summed E-state index contributed by atoms with van der Waals surface area (Å²) in [6.45, 7) is 4.39. The largest absolute Gasteiger partial charge is 0.462 e. The highest BCUT2D eigenvalue weighted by Crippen LogP contribution is 2.52. The molecule has 1 aromatic carbocycles. The van der Waals surface area contributed by atoms with Crippen LogP contribution in [0.15, 0.2) is 54.6 Å². The maximum Gasteiger partial charge on any atom is 0.461 e. The molecule has 0 fully saturated rings. The molecule has 0 saturated heterocycles. The number of allylic oxidation sites excluding steroid dienone is 4. The summed E-state index contributed by atoms with van der Waals surface area (Å²) in [6, 6.07) is 8.71. The second-order valence-electron chi connectivity index (χ2n) is 16.0. The highest BCUT2D eigenvalue weighted by Gasteiger charge is 2.36. The first-order chi connectivity index (χ1) is 29.4. The van der Waals surface area contributed by atoms with Crippen molar-refractivity contribution in [3.05, 3.63) is 54.6 Å². The third kappa shape index (κ3) is 32.8. The highest BCUT2D eigenvalue weighted by molar-refractivity contribution is 7.51. The van der Waals surface area contributed by atoms with Crippen LogP contribution in [0.25, 0.3) is 0 Å². The van der Waals surface area contributed by atoms with Gasteiger partial charge in [-0.2, -0.15) is 4.67 Å². The number of rotatable bonds is 43. The summed E-state index contributed by atoms with van der Waals surface area (Å²) in [4.78, 5) is 25.8. The minimum Gasteiger partial charge on any atom is -0.462 e. The van der Waals surface area contributed by atoms with E-state index in [4.69, 9.17) is 41.7 Å². The van der Waals surface area contributed by atoms with Crippen LogP contribution in [0.2, 0.25) is 0 Å². The van der Waals surface area contributed by atoms with Gasteiger partial charge >= 0.3 is 19.7 Å². The molecule has 0 saturated carbocycles. The molecule has 60 heavy (non-hydrogen) atoms. The van der Waals surface area contributed by atoms with E-state index in [-0.39, 0.29) is 56.9 Å². The van der Waals surface area contributed by atoms with Crippen LogP contribution in [0, 0.1) is 0 Å². The number of carbonyl (C=O) groups is 2. The van der Waals surface area contributed by atoms with Crippen molar-refractivity contribution in [2.45, 2.75) is 200 Å². The average molecular weight is 901 g/mol. The minimum absolute atomic E-state index is 0.171. The number of esters is 2. The van der Waals surface area contributed by atoms with Crippen LogP contribution in [0.1, 0.15) is 194 Å². The molecule has 8 nitrogen and oxygen atoms in total. The Balaban J connectivity index is 2.58. The molecule has 0 aromatic heterocycles. The van der Waals surface area contributed by atoms with Crippen molar-refractivity contribution in [1.82, 2.24) is 4.67 Å². The molecular formula is C49H84Cl2NO7P. The Hall–Kier alpha value is -1.83. The quantitative estimate of drug-likeness (QED) is 0.0210. The number of para-hydroxylation sites is 1. The molecule has 11 heteroatoms. The summed E-state index contributed by atoms with van der Waals surface area (Å²) in [7, 11) is -4.01. The van der Waals surface area contributed by atoms with Crippen LogP contribution in [0.5, 0.6) is 5.75 Å². The van der Waals surface area contributed by atoms with E-state index in [2.05, 4.69) is 38.2 Å².